The molecule has 0 unspecified atom stereocenters. The molecule has 0 aromatic carbocycles. The largest absolute Gasteiger partial charge is 0.462 e. The first-order valence-electron chi connectivity index (χ1n) is 11.9. The van der Waals surface area contributed by atoms with Crippen LogP contribution in [0.3, 0.4) is 0 Å². The second-order valence-corrected chi connectivity index (χ2v) is 10.9. The van der Waals surface area contributed by atoms with Crippen LogP contribution in [0.15, 0.2) is 11.6 Å². The van der Waals surface area contributed by atoms with E-state index in [1.165, 1.54) is 39.7 Å². The van der Waals surface area contributed by atoms with Gasteiger partial charge in [-0.15, -0.1) is 0 Å². The van der Waals surface area contributed by atoms with Gasteiger partial charge in [-0.05, 0) is 86.4 Å². The molecule has 0 aromatic heterocycles. The van der Waals surface area contributed by atoms with Crippen molar-refractivity contribution in [3.8, 4) is 0 Å². The topological polar surface area (TPSA) is 64.6 Å². The van der Waals surface area contributed by atoms with Crippen molar-refractivity contribution in [2.75, 3.05) is 7.11 Å². The summed E-state index contributed by atoms with van der Waals surface area (Å²) in [5.41, 5.74) is 2.09. The van der Waals surface area contributed by atoms with Crippen molar-refractivity contribution in [2.45, 2.75) is 91.2 Å². The molecule has 3 fully saturated rings. The average molecular weight is 418 g/mol. The van der Waals surface area contributed by atoms with E-state index in [0.717, 1.165) is 43.4 Å². The Bertz CT molecular complexity index is 733. The summed E-state index contributed by atoms with van der Waals surface area (Å²) in [7, 11) is 1.44. The van der Waals surface area contributed by atoms with Crippen LogP contribution in [0.1, 0.15) is 79.1 Å². The molecule has 0 aromatic rings. The van der Waals surface area contributed by atoms with E-state index >= 15 is 0 Å². The maximum absolute atomic E-state index is 11.8. The number of alkyl carbamates (subject to hydrolysis) is 1. The first-order chi connectivity index (χ1) is 14.2. The number of ether oxygens (including phenoxy) is 2. The van der Waals surface area contributed by atoms with Gasteiger partial charge in [0.05, 0.1) is 7.11 Å². The third kappa shape index (κ3) is 3.46. The van der Waals surface area contributed by atoms with Gasteiger partial charge in [-0.1, -0.05) is 25.5 Å². The van der Waals surface area contributed by atoms with Crippen LogP contribution in [0.4, 0.5) is 4.79 Å². The lowest BCUT2D eigenvalue weighted by molar-refractivity contribution is -0.148. The first kappa shape index (κ1) is 21.7. The SMILES string of the molecule is COC(=O)N[C@@H](C)[C@@H]1CC[C@H]2[C@H]3CC=C4C[C@@H](OC(C)=O)CC[C@]4(C)[C@@H]3CC[C@@]21C. The number of fused-ring (bicyclic) bond motifs is 5. The minimum absolute atomic E-state index is 0.0633. The van der Waals surface area contributed by atoms with Crippen LogP contribution in [0, 0.1) is 34.5 Å². The fraction of sp³-hybridized carbons (Fsp3) is 0.840. The first-order valence-corrected chi connectivity index (χ1v) is 11.9. The van der Waals surface area contributed by atoms with Gasteiger partial charge < -0.3 is 14.8 Å². The van der Waals surface area contributed by atoms with Crippen molar-refractivity contribution in [3.05, 3.63) is 11.6 Å². The molecule has 5 heteroatoms. The zero-order valence-electron chi connectivity index (χ0n) is 19.3. The Morgan fingerprint density at radius 1 is 1.13 bits per heavy atom. The molecule has 4 rings (SSSR count). The van der Waals surface area contributed by atoms with Crippen molar-refractivity contribution in [3.63, 3.8) is 0 Å². The number of rotatable bonds is 3. The zero-order valence-corrected chi connectivity index (χ0v) is 19.3. The highest BCUT2D eigenvalue weighted by Crippen LogP contribution is 2.66. The van der Waals surface area contributed by atoms with Crippen LogP contribution < -0.4 is 5.32 Å². The average Bonchev–Trinajstić information content (AvgIpc) is 3.05. The molecule has 0 aliphatic heterocycles. The van der Waals surface area contributed by atoms with Gasteiger partial charge in [0.2, 0.25) is 0 Å². The summed E-state index contributed by atoms with van der Waals surface area (Å²) >= 11 is 0. The molecule has 8 atom stereocenters. The zero-order chi connectivity index (χ0) is 21.7. The van der Waals surface area contributed by atoms with E-state index < -0.39 is 0 Å². The van der Waals surface area contributed by atoms with Gasteiger partial charge in [-0.2, -0.15) is 0 Å². The van der Waals surface area contributed by atoms with Gasteiger partial charge in [0.1, 0.15) is 6.10 Å². The third-order valence-electron chi connectivity index (χ3n) is 9.60. The number of hydrogen-bond donors (Lipinski definition) is 1. The van der Waals surface area contributed by atoms with Crippen LogP contribution in [0.2, 0.25) is 0 Å². The Morgan fingerprint density at radius 2 is 1.90 bits per heavy atom. The lowest BCUT2D eigenvalue weighted by Gasteiger charge is -2.58. The highest BCUT2D eigenvalue weighted by atomic mass is 16.5. The van der Waals surface area contributed by atoms with Gasteiger partial charge in [0.15, 0.2) is 0 Å². The Hall–Kier alpha value is -1.52. The molecular formula is C25H39NO4. The molecule has 4 aliphatic carbocycles. The van der Waals surface area contributed by atoms with E-state index in [9.17, 15) is 9.59 Å². The molecule has 168 valence electrons. The third-order valence-corrected chi connectivity index (χ3v) is 9.60. The minimum Gasteiger partial charge on any atom is -0.462 e. The molecule has 1 amide bonds. The molecule has 0 bridgehead atoms. The summed E-state index contributed by atoms with van der Waals surface area (Å²) in [5.74, 6) is 2.55. The Morgan fingerprint density at radius 3 is 2.60 bits per heavy atom. The van der Waals surface area contributed by atoms with Crippen molar-refractivity contribution < 1.29 is 19.1 Å². The van der Waals surface area contributed by atoms with Crippen molar-refractivity contribution in [1.29, 1.82) is 0 Å². The second-order valence-electron chi connectivity index (χ2n) is 10.9. The molecule has 0 saturated heterocycles. The van der Waals surface area contributed by atoms with Gasteiger partial charge in [0, 0.05) is 19.4 Å². The number of nitrogens with one attached hydrogen (secondary N) is 1. The monoisotopic (exact) mass is 417 g/mol. The maximum atomic E-state index is 11.8. The molecular weight excluding hydrogens is 378 g/mol. The van der Waals surface area contributed by atoms with Crippen molar-refractivity contribution in [1.82, 2.24) is 5.32 Å². The number of carbonyl (C=O) groups is 2. The number of hydrogen-bond acceptors (Lipinski definition) is 4. The second kappa shape index (κ2) is 7.87. The molecule has 3 saturated carbocycles. The smallest absolute Gasteiger partial charge is 0.407 e. The van der Waals surface area contributed by atoms with Gasteiger partial charge >= 0.3 is 12.1 Å². The normalized spacial score (nSPS) is 43.4. The number of esters is 1. The number of allylic oxidation sites excluding steroid dienone is 1. The molecule has 30 heavy (non-hydrogen) atoms. The van der Waals surface area contributed by atoms with E-state index in [2.05, 4.69) is 32.2 Å². The standard InChI is InChI=1S/C25H39NO4/c1-15(26-23(28)29-5)20-8-9-21-19-7-6-17-14-18(30-16(2)27)10-12-24(17,3)22(19)11-13-25(20,21)4/h6,15,18-22H,7-14H2,1-5H3,(H,26,28)/t15-,18-,19+,20-,21-,22+,24-,25+/m0/s1. The van der Waals surface area contributed by atoms with Crippen molar-refractivity contribution >= 4 is 12.1 Å². The van der Waals surface area contributed by atoms with Crippen LogP contribution >= 0.6 is 0 Å². The van der Waals surface area contributed by atoms with Crippen LogP contribution in [0.5, 0.6) is 0 Å². The summed E-state index contributed by atoms with van der Waals surface area (Å²) in [6, 6.07) is 0.147. The molecule has 0 spiro atoms. The fourth-order valence-electron chi connectivity index (χ4n) is 8.17. The molecule has 5 nitrogen and oxygen atoms in total. The summed E-state index contributed by atoms with van der Waals surface area (Å²) < 4.78 is 10.4. The van der Waals surface area contributed by atoms with Gasteiger partial charge in [-0.25, -0.2) is 4.79 Å². The van der Waals surface area contributed by atoms with E-state index in [4.69, 9.17) is 9.47 Å². The van der Waals surface area contributed by atoms with Crippen LogP contribution in [0.25, 0.3) is 0 Å². The summed E-state index contributed by atoms with van der Waals surface area (Å²) in [6.07, 6.45) is 11.4. The molecule has 0 radical (unpaired) electrons. The molecule has 0 heterocycles. The van der Waals surface area contributed by atoms with Gasteiger partial charge in [0.25, 0.3) is 0 Å². The molecule has 1 N–H and O–H groups in total. The van der Waals surface area contributed by atoms with Crippen molar-refractivity contribution in [2.24, 2.45) is 34.5 Å². The lowest BCUT2D eigenvalue weighted by Crippen LogP contribution is -2.52. The maximum Gasteiger partial charge on any atom is 0.407 e. The summed E-state index contributed by atoms with van der Waals surface area (Å²) in [6.45, 7) is 8.64. The van der Waals surface area contributed by atoms with E-state index in [0.29, 0.717) is 5.92 Å². The quantitative estimate of drug-likeness (QED) is 0.504. The number of amides is 1. The molecule has 4 aliphatic rings. The van der Waals surface area contributed by atoms with Crippen LogP contribution in [-0.4, -0.2) is 31.3 Å². The fourth-order valence-corrected chi connectivity index (χ4v) is 8.17. The van der Waals surface area contributed by atoms with E-state index in [1.807, 2.05) is 0 Å². The predicted molar refractivity (Wildman–Crippen MR) is 116 cm³/mol. The Kier molecular flexibility index (Phi) is 5.69. The minimum atomic E-state index is -0.314. The Balaban J connectivity index is 1.52. The highest BCUT2D eigenvalue weighted by Gasteiger charge is 2.59. The lowest BCUT2D eigenvalue weighted by atomic mass is 9.47. The number of methoxy groups -OCH3 is 1. The Labute approximate surface area is 181 Å². The van der Waals surface area contributed by atoms with Gasteiger partial charge in [-0.3, -0.25) is 4.79 Å². The summed E-state index contributed by atoms with van der Waals surface area (Å²) in [4.78, 5) is 23.2. The van der Waals surface area contributed by atoms with E-state index in [-0.39, 0.29) is 35.0 Å². The van der Waals surface area contributed by atoms with E-state index in [1.54, 1.807) is 5.57 Å². The predicted octanol–water partition coefficient (Wildman–Crippen LogP) is 5.24. The summed E-state index contributed by atoms with van der Waals surface area (Å²) in [5, 5.41) is 3.06. The van der Waals surface area contributed by atoms with Crippen LogP contribution in [-0.2, 0) is 14.3 Å². The highest BCUT2D eigenvalue weighted by molar-refractivity contribution is 5.67. The number of carbonyl (C=O) groups excluding carboxylic acids is 2.